The van der Waals surface area contributed by atoms with Crippen LogP contribution in [0.4, 0.5) is 5.82 Å². The van der Waals surface area contributed by atoms with E-state index in [1.807, 2.05) is 0 Å². The van der Waals surface area contributed by atoms with Crippen LogP contribution in [-0.4, -0.2) is 27.3 Å². The lowest BCUT2D eigenvalue weighted by Crippen LogP contribution is -2.09. The smallest absolute Gasteiger partial charge is 0.345 e. The van der Waals surface area contributed by atoms with Gasteiger partial charge in [0.2, 0.25) is 0 Å². The number of rotatable bonds is 3. The first kappa shape index (κ1) is 12.6. The van der Waals surface area contributed by atoms with Gasteiger partial charge in [0.1, 0.15) is 6.26 Å². The third-order valence-corrected chi connectivity index (χ3v) is 3.35. The summed E-state index contributed by atoms with van der Waals surface area (Å²) in [5.41, 5.74) is 0. The van der Waals surface area contributed by atoms with Gasteiger partial charge < -0.3 is 9.87 Å². The first-order chi connectivity index (χ1) is 7.06. The fourth-order valence-electron chi connectivity index (χ4n) is 0.781. The number of nitrogens with one attached hydrogen (secondary N) is 1. The molecule has 0 aliphatic rings. The molecule has 0 saturated carbocycles. The molecule has 0 spiro atoms. The molecule has 0 saturated heterocycles. The van der Waals surface area contributed by atoms with E-state index >= 15 is 0 Å². The molecule has 0 aliphatic carbocycles. The third-order valence-electron chi connectivity index (χ3n) is 1.41. The van der Waals surface area contributed by atoms with E-state index in [2.05, 4.69) is 37.1 Å². The second-order valence-electron chi connectivity index (χ2n) is 2.47. The third kappa shape index (κ3) is 3.24. The zero-order valence-electron chi connectivity index (χ0n) is 7.75. The lowest BCUT2D eigenvalue weighted by Gasteiger charge is -2.08. The summed E-state index contributed by atoms with van der Waals surface area (Å²) in [5, 5.41) is 3.22. The Hall–Kier alpha value is -0.480. The molecular weight excluding hydrogens is 302 g/mol. The molecule has 1 atom stereocenters. The summed E-state index contributed by atoms with van der Waals surface area (Å²) in [5.74, 6) is 2.84. The van der Waals surface area contributed by atoms with E-state index in [-0.39, 0.29) is 10.3 Å². The van der Waals surface area contributed by atoms with Gasteiger partial charge in [-0.05, 0) is 15.9 Å². The first-order valence-corrected chi connectivity index (χ1v) is 6.53. The SMILES string of the molecule is C#CCNc1nc([S+](C)[O-])nc(Cl)c1Br. The van der Waals surface area contributed by atoms with Crippen LogP contribution >= 0.6 is 27.5 Å². The Morgan fingerprint density at radius 1 is 1.67 bits per heavy atom. The van der Waals surface area contributed by atoms with Gasteiger partial charge in [0, 0.05) is 11.2 Å². The average Bonchev–Trinajstić information content (AvgIpc) is 2.19. The molecule has 1 N–H and O–H groups in total. The predicted molar refractivity (Wildman–Crippen MR) is 64.4 cm³/mol. The number of hydrogen-bond acceptors (Lipinski definition) is 4. The van der Waals surface area contributed by atoms with E-state index in [0.717, 1.165) is 0 Å². The second kappa shape index (κ2) is 5.56. The minimum Gasteiger partial charge on any atom is -0.609 e. The van der Waals surface area contributed by atoms with Crippen molar-refractivity contribution >= 4 is 44.5 Å². The molecule has 1 aromatic heterocycles. The highest BCUT2D eigenvalue weighted by atomic mass is 79.9. The quantitative estimate of drug-likeness (QED) is 0.399. The van der Waals surface area contributed by atoms with Crippen LogP contribution in [0, 0.1) is 12.3 Å². The van der Waals surface area contributed by atoms with E-state index in [1.54, 1.807) is 0 Å². The summed E-state index contributed by atoms with van der Waals surface area (Å²) < 4.78 is 11.7. The van der Waals surface area contributed by atoms with Crippen molar-refractivity contribution in [1.29, 1.82) is 0 Å². The maximum Gasteiger partial charge on any atom is 0.345 e. The molecule has 0 bridgehead atoms. The predicted octanol–water partition coefficient (Wildman–Crippen LogP) is 1.68. The summed E-state index contributed by atoms with van der Waals surface area (Å²) in [6, 6.07) is 0. The maximum absolute atomic E-state index is 11.2. The molecule has 0 aromatic carbocycles. The van der Waals surface area contributed by atoms with E-state index in [1.165, 1.54) is 6.26 Å². The van der Waals surface area contributed by atoms with E-state index < -0.39 is 11.2 Å². The monoisotopic (exact) mass is 307 g/mol. The molecule has 1 heterocycles. The number of terminal acetylenes is 1. The maximum atomic E-state index is 11.2. The Morgan fingerprint density at radius 3 is 2.87 bits per heavy atom. The summed E-state index contributed by atoms with van der Waals surface area (Å²) in [4.78, 5) is 7.88. The van der Waals surface area contributed by atoms with Crippen molar-refractivity contribution in [2.45, 2.75) is 5.16 Å². The van der Waals surface area contributed by atoms with Gasteiger partial charge in [-0.1, -0.05) is 17.5 Å². The standard InChI is InChI=1S/C8H7BrClN3OS/c1-3-4-11-7-5(9)6(10)12-8(13-7)15(2)14/h1H,4H2,2H3,(H,11,12,13). The van der Waals surface area contributed by atoms with Crippen molar-refractivity contribution in [3.8, 4) is 12.3 Å². The summed E-state index contributed by atoms with van der Waals surface area (Å²) in [6.45, 7) is 0.307. The van der Waals surface area contributed by atoms with Gasteiger partial charge in [-0.3, -0.25) is 0 Å². The van der Waals surface area contributed by atoms with E-state index in [0.29, 0.717) is 16.8 Å². The topological polar surface area (TPSA) is 60.9 Å². The molecule has 0 aliphatic heterocycles. The Bertz CT molecular complexity index is 408. The first-order valence-electron chi connectivity index (χ1n) is 3.80. The van der Waals surface area contributed by atoms with E-state index in [4.69, 9.17) is 18.0 Å². The molecule has 80 valence electrons. The zero-order valence-corrected chi connectivity index (χ0v) is 10.9. The summed E-state index contributed by atoms with van der Waals surface area (Å²) in [7, 11) is 0. The van der Waals surface area contributed by atoms with Crippen LogP contribution in [0.5, 0.6) is 0 Å². The van der Waals surface area contributed by atoms with Crippen LogP contribution in [0.3, 0.4) is 0 Å². The van der Waals surface area contributed by atoms with Crippen molar-refractivity contribution in [2.75, 3.05) is 18.1 Å². The molecule has 0 fully saturated rings. The van der Waals surface area contributed by atoms with Crippen LogP contribution in [0.25, 0.3) is 0 Å². The van der Waals surface area contributed by atoms with Gasteiger partial charge in [0.05, 0.1) is 11.0 Å². The Morgan fingerprint density at radius 2 is 2.33 bits per heavy atom. The van der Waals surface area contributed by atoms with Crippen LogP contribution in [0.15, 0.2) is 9.63 Å². The average molecular weight is 309 g/mol. The van der Waals surface area contributed by atoms with Crippen molar-refractivity contribution in [1.82, 2.24) is 9.97 Å². The van der Waals surface area contributed by atoms with Gasteiger partial charge in [-0.25, -0.2) is 0 Å². The fraction of sp³-hybridized carbons (Fsp3) is 0.250. The number of halogens is 2. The van der Waals surface area contributed by atoms with E-state index in [9.17, 15) is 4.55 Å². The van der Waals surface area contributed by atoms with Crippen LogP contribution in [-0.2, 0) is 11.2 Å². The highest BCUT2D eigenvalue weighted by Gasteiger charge is 2.16. The number of hydrogen-bond donors (Lipinski definition) is 1. The normalized spacial score (nSPS) is 11.9. The van der Waals surface area contributed by atoms with Crippen molar-refractivity contribution in [2.24, 2.45) is 0 Å². The fourth-order valence-corrected chi connectivity index (χ4v) is 1.76. The summed E-state index contributed by atoms with van der Waals surface area (Å²) >= 11 is 7.74. The zero-order chi connectivity index (χ0) is 11.4. The van der Waals surface area contributed by atoms with Crippen molar-refractivity contribution in [3.63, 3.8) is 0 Å². The molecule has 7 heteroatoms. The molecule has 0 amide bonds. The van der Waals surface area contributed by atoms with Crippen LogP contribution < -0.4 is 5.32 Å². The molecule has 0 radical (unpaired) electrons. The van der Waals surface area contributed by atoms with Gasteiger partial charge in [-0.15, -0.1) is 6.42 Å². The molecule has 15 heavy (non-hydrogen) atoms. The van der Waals surface area contributed by atoms with Crippen LogP contribution in [0.1, 0.15) is 0 Å². The molecule has 1 unspecified atom stereocenters. The molecule has 4 nitrogen and oxygen atoms in total. The number of anilines is 1. The molecule has 1 rings (SSSR count). The Balaban J connectivity index is 3.08. The lowest BCUT2D eigenvalue weighted by molar-refractivity contribution is 0.592. The minimum absolute atomic E-state index is 0.169. The van der Waals surface area contributed by atoms with Gasteiger partial charge >= 0.3 is 5.16 Å². The number of aromatic nitrogens is 2. The Labute approximate surface area is 104 Å². The minimum atomic E-state index is -1.28. The molecular formula is C8H7BrClN3OS. The Kier molecular flexibility index (Phi) is 4.67. The van der Waals surface area contributed by atoms with Gasteiger partial charge in [0.25, 0.3) is 0 Å². The molecule has 1 aromatic rings. The van der Waals surface area contributed by atoms with Crippen molar-refractivity contribution in [3.05, 3.63) is 9.63 Å². The lowest BCUT2D eigenvalue weighted by atomic mass is 10.5. The summed E-state index contributed by atoms with van der Waals surface area (Å²) in [6.07, 6.45) is 6.57. The highest BCUT2D eigenvalue weighted by molar-refractivity contribution is 9.10. The highest BCUT2D eigenvalue weighted by Crippen LogP contribution is 2.28. The largest absolute Gasteiger partial charge is 0.609 e. The van der Waals surface area contributed by atoms with Gasteiger partial charge in [0.15, 0.2) is 11.0 Å². The number of nitrogens with zero attached hydrogens (tertiary/aromatic N) is 2. The van der Waals surface area contributed by atoms with Crippen LogP contribution in [0.2, 0.25) is 5.15 Å². The van der Waals surface area contributed by atoms with Crippen molar-refractivity contribution < 1.29 is 4.55 Å². The van der Waals surface area contributed by atoms with Gasteiger partial charge in [-0.2, -0.15) is 9.97 Å². The second-order valence-corrected chi connectivity index (χ2v) is 4.90.